The topological polar surface area (TPSA) is 0 Å². The Morgan fingerprint density at radius 3 is 1.20 bits per heavy atom. The molecule has 2 aromatic rings. The third-order valence-corrected chi connectivity index (χ3v) is 1.29. The van der Waals surface area contributed by atoms with Gasteiger partial charge in [0, 0.05) is 17.1 Å². The Morgan fingerprint density at radius 1 is 0.700 bits per heavy atom. The van der Waals surface area contributed by atoms with E-state index in [1.54, 1.807) is 18.2 Å². The third kappa shape index (κ3) is 30.2. The molecule has 0 saturated heterocycles. The SMILES string of the molecule is F[P-](F)(F)(F)(F)F.Fc1ccccc1.[Fe].c1cc[cH-]c1. The first-order chi connectivity index (χ1) is 8.34. The molecule has 0 unspecified atom stereocenters. The van der Waals surface area contributed by atoms with Crippen molar-refractivity contribution in [3.8, 4) is 0 Å². The minimum atomic E-state index is -10.7. The van der Waals surface area contributed by atoms with E-state index in [2.05, 4.69) is 0 Å². The minimum Gasteiger partial charge on any atom is -0.214 e. The van der Waals surface area contributed by atoms with E-state index in [1.807, 2.05) is 30.3 Å². The second-order valence-corrected chi connectivity index (χ2v) is 5.13. The zero-order chi connectivity index (χ0) is 15.1. The molecule has 0 aliphatic carbocycles. The molecule has 118 valence electrons. The fraction of sp³-hybridized carbons (Fsp3) is 0. The molecule has 2 rings (SSSR count). The van der Waals surface area contributed by atoms with Crippen LogP contribution in [-0.4, -0.2) is 0 Å². The van der Waals surface area contributed by atoms with Crippen molar-refractivity contribution < 1.29 is 46.6 Å². The van der Waals surface area contributed by atoms with Gasteiger partial charge in [0.2, 0.25) is 0 Å². The molecule has 0 saturated carbocycles. The zero-order valence-corrected chi connectivity index (χ0v) is 11.7. The van der Waals surface area contributed by atoms with Crippen molar-refractivity contribution in [2.75, 3.05) is 0 Å². The molecule has 0 fully saturated rings. The number of hydrogen-bond acceptors (Lipinski definition) is 0. The van der Waals surface area contributed by atoms with Gasteiger partial charge in [-0.3, -0.25) is 0 Å². The van der Waals surface area contributed by atoms with Gasteiger partial charge in [-0.05, 0) is 12.1 Å². The Balaban J connectivity index is 0. The summed E-state index contributed by atoms with van der Waals surface area (Å²) in [5, 5.41) is 0. The van der Waals surface area contributed by atoms with Crippen LogP contribution in [0, 0.1) is 5.82 Å². The Kier molecular flexibility index (Phi) is 7.63. The van der Waals surface area contributed by atoms with E-state index in [0.29, 0.717) is 0 Å². The predicted octanol–water partition coefficient (Wildman–Crippen LogP) is 6.61. The van der Waals surface area contributed by atoms with Crippen LogP contribution in [-0.2, 0) is 17.1 Å². The van der Waals surface area contributed by atoms with Crippen LogP contribution in [0.2, 0.25) is 0 Å². The van der Waals surface area contributed by atoms with Gasteiger partial charge >= 0.3 is 33.0 Å². The van der Waals surface area contributed by atoms with Gasteiger partial charge in [-0.15, -0.1) is 0 Å². The quantitative estimate of drug-likeness (QED) is 0.214. The van der Waals surface area contributed by atoms with E-state index in [-0.39, 0.29) is 22.9 Å². The summed E-state index contributed by atoms with van der Waals surface area (Å²) in [6.07, 6.45) is 0. The molecule has 0 amide bonds. The molecular weight excluding hydrogens is 352 g/mol. The molecule has 0 radical (unpaired) electrons. The number of rotatable bonds is 0. The molecule has 0 atom stereocenters. The summed E-state index contributed by atoms with van der Waals surface area (Å²) < 4.78 is 71.1. The fourth-order valence-electron chi connectivity index (χ4n) is 0.735. The first-order valence-electron chi connectivity index (χ1n) is 4.78. The number of halogens is 7. The van der Waals surface area contributed by atoms with Crippen LogP contribution in [0.3, 0.4) is 0 Å². The molecule has 9 heteroatoms. The normalized spacial score (nSPS) is 13.2. The summed E-state index contributed by atoms with van der Waals surface area (Å²) in [7, 11) is -10.7. The molecule has 0 aliphatic rings. The second-order valence-electron chi connectivity index (χ2n) is 3.22. The van der Waals surface area contributed by atoms with Crippen LogP contribution in [0.1, 0.15) is 0 Å². The van der Waals surface area contributed by atoms with E-state index in [4.69, 9.17) is 0 Å². The number of hydrogen-bond donors (Lipinski definition) is 0. The maximum Gasteiger partial charge on any atom is 0.123 e. The van der Waals surface area contributed by atoms with E-state index in [0.717, 1.165) is 0 Å². The summed E-state index contributed by atoms with van der Waals surface area (Å²) in [6.45, 7) is 0. The fourth-order valence-corrected chi connectivity index (χ4v) is 0.735. The van der Waals surface area contributed by atoms with Gasteiger partial charge in [0.15, 0.2) is 0 Å². The van der Waals surface area contributed by atoms with Crippen LogP contribution >= 0.6 is 7.81 Å². The Morgan fingerprint density at radius 2 is 1.05 bits per heavy atom. The van der Waals surface area contributed by atoms with Crippen LogP contribution in [0.15, 0.2) is 60.7 Å². The van der Waals surface area contributed by atoms with Crippen molar-refractivity contribution in [1.82, 2.24) is 0 Å². The van der Waals surface area contributed by atoms with Gasteiger partial charge in [0.1, 0.15) is 5.82 Å². The molecular formula is C11H10F7FeP-2. The van der Waals surface area contributed by atoms with Crippen LogP contribution < -0.4 is 0 Å². The smallest absolute Gasteiger partial charge is 0.123 e. The van der Waals surface area contributed by atoms with Crippen molar-refractivity contribution in [3.63, 3.8) is 0 Å². The first kappa shape index (κ1) is 21.3. The predicted molar refractivity (Wildman–Crippen MR) is 62.0 cm³/mol. The summed E-state index contributed by atoms with van der Waals surface area (Å²) >= 11 is 0. The van der Waals surface area contributed by atoms with Crippen molar-refractivity contribution >= 4 is 7.81 Å². The van der Waals surface area contributed by atoms with Crippen molar-refractivity contribution in [3.05, 3.63) is 66.5 Å². The monoisotopic (exact) mass is 362 g/mol. The van der Waals surface area contributed by atoms with Crippen LogP contribution in [0.4, 0.5) is 29.6 Å². The molecule has 0 aromatic heterocycles. The first-order valence-corrected chi connectivity index (χ1v) is 6.81. The van der Waals surface area contributed by atoms with Crippen LogP contribution in [0.5, 0.6) is 0 Å². The Bertz CT molecular complexity index is 421. The summed E-state index contributed by atoms with van der Waals surface area (Å²) in [6, 6.07) is 17.9. The van der Waals surface area contributed by atoms with Gasteiger partial charge < -0.3 is 0 Å². The second kappa shape index (κ2) is 7.16. The van der Waals surface area contributed by atoms with E-state index in [1.165, 1.54) is 12.1 Å². The molecule has 0 nitrogen and oxygen atoms in total. The Labute approximate surface area is 121 Å². The molecule has 0 heterocycles. The average molecular weight is 362 g/mol. The molecule has 20 heavy (non-hydrogen) atoms. The van der Waals surface area contributed by atoms with Gasteiger partial charge in [0.25, 0.3) is 0 Å². The van der Waals surface area contributed by atoms with E-state index >= 15 is 0 Å². The van der Waals surface area contributed by atoms with Gasteiger partial charge in [-0.25, -0.2) is 16.5 Å². The summed E-state index contributed by atoms with van der Waals surface area (Å²) in [5.74, 6) is -0.178. The zero-order valence-electron chi connectivity index (χ0n) is 9.72. The minimum absolute atomic E-state index is 0. The van der Waals surface area contributed by atoms with Gasteiger partial charge in [-0.2, -0.15) is 18.2 Å². The maximum atomic E-state index is 11.9. The van der Waals surface area contributed by atoms with Crippen molar-refractivity contribution in [2.45, 2.75) is 0 Å². The summed E-state index contributed by atoms with van der Waals surface area (Å²) in [5.41, 5.74) is 0. The molecule has 0 bridgehead atoms. The van der Waals surface area contributed by atoms with Crippen molar-refractivity contribution in [2.24, 2.45) is 0 Å². The van der Waals surface area contributed by atoms with Gasteiger partial charge in [0.05, 0.1) is 0 Å². The largest absolute Gasteiger partial charge is 0.214 e. The Hall–Kier alpha value is -0.971. The molecule has 0 N–H and O–H groups in total. The van der Waals surface area contributed by atoms with E-state index in [9.17, 15) is 29.6 Å². The summed E-state index contributed by atoms with van der Waals surface area (Å²) in [4.78, 5) is 0. The van der Waals surface area contributed by atoms with Crippen LogP contribution in [0.25, 0.3) is 0 Å². The molecule has 0 aliphatic heterocycles. The van der Waals surface area contributed by atoms with Gasteiger partial charge in [-0.1, -0.05) is 18.2 Å². The standard InChI is InChI=1S/C6H5F.C5H5.F6P.Fe/c7-6-4-2-1-3-5-6;1-2-4-5-3-1;1-7(2,3,4,5)6;/h1-5H;1-5H;;/q;2*-1;. The maximum absolute atomic E-state index is 11.9. The van der Waals surface area contributed by atoms with Crippen molar-refractivity contribution in [1.29, 1.82) is 0 Å². The third-order valence-electron chi connectivity index (χ3n) is 1.29. The van der Waals surface area contributed by atoms with E-state index < -0.39 is 7.81 Å². The number of benzene rings is 1. The molecule has 0 spiro atoms. The molecule has 2 aromatic carbocycles. The average Bonchev–Trinajstić information content (AvgIpc) is 2.71.